The van der Waals surface area contributed by atoms with Crippen LogP contribution in [0.15, 0.2) is 24.3 Å². The number of amides is 3. The lowest BCUT2D eigenvalue weighted by Crippen LogP contribution is -2.40. The number of carbonyl (C=O) groups is 2. The Kier molecular flexibility index (Phi) is 4.86. The van der Waals surface area contributed by atoms with Crippen LogP contribution in [0.3, 0.4) is 0 Å². The Bertz CT molecular complexity index is 569. The Labute approximate surface area is 132 Å². The molecule has 1 aromatic rings. The minimum atomic E-state index is -0.774. The fourth-order valence-corrected chi connectivity index (χ4v) is 2.68. The molecule has 1 heterocycles. The highest BCUT2D eigenvalue weighted by atomic mass is 16.2. The van der Waals surface area contributed by atoms with Gasteiger partial charge in [-0.15, -0.1) is 0 Å². The molecule has 1 aromatic carbocycles. The van der Waals surface area contributed by atoms with Gasteiger partial charge in [0.05, 0.1) is 0 Å². The van der Waals surface area contributed by atoms with Crippen LogP contribution in [-0.4, -0.2) is 47.4 Å². The summed E-state index contributed by atoms with van der Waals surface area (Å²) in [6.45, 7) is 7.75. The van der Waals surface area contributed by atoms with Crippen LogP contribution in [0.1, 0.15) is 31.4 Å². The molecule has 2 rings (SSSR count). The van der Waals surface area contributed by atoms with E-state index < -0.39 is 5.54 Å². The van der Waals surface area contributed by atoms with E-state index in [9.17, 15) is 9.59 Å². The standard InChI is InChI=1S/C17H25N3O2/c1-13-8-5-6-9-14(13)12-19(4)10-7-11-20-15(21)17(2,3)18-16(20)22/h5-6,8-9H,7,10-12H2,1-4H3,(H,18,22). The monoisotopic (exact) mass is 303 g/mol. The Morgan fingerprint density at radius 3 is 2.50 bits per heavy atom. The molecular formula is C17H25N3O2. The third-order valence-electron chi connectivity index (χ3n) is 4.07. The molecule has 0 aromatic heterocycles. The first-order valence-corrected chi connectivity index (χ1v) is 7.68. The van der Waals surface area contributed by atoms with Gasteiger partial charge in [-0.25, -0.2) is 4.79 Å². The summed E-state index contributed by atoms with van der Waals surface area (Å²) in [4.78, 5) is 27.4. The Morgan fingerprint density at radius 1 is 1.23 bits per heavy atom. The van der Waals surface area contributed by atoms with Crippen LogP contribution in [0.5, 0.6) is 0 Å². The van der Waals surface area contributed by atoms with Crippen molar-refractivity contribution in [3.05, 3.63) is 35.4 Å². The molecule has 5 heteroatoms. The van der Waals surface area contributed by atoms with E-state index >= 15 is 0 Å². The van der Waals surface area contributed by atoms with E-state index in [0.717, 1.165) is 19.5 Å². The number of urea groups is 1. The molecule has 0 radical (unpaired) electrons. The van der Waals surface area contributed by atoms with E-state index in [4.69, 9.17) is 0 Å². The van der Waals surface area contributed by atoms with Crippen LogP contribution in [-0.2, 0) is 11.3 Å². The highest BCUT2D eigenvalue weighted by molar-refractivity contribution is 6.06. The average Bonchev–Trinajstić information content (AvgIpc) is 2.63. The molecule has 0 aliphatic carbocycles. The van der Waals surface area contributed by atoms with Crippen molar-refractivity contribution >= 4 is 11.9 Å². The molecule has 22 heavy (non-hydrogen) atoms. The summed E-state index contributed by atoms with van der Waals surface area (Å²) in [5.74, 6) is -0.140. The normalized spacial score (nSPS) is 17.2. The zero-order chi connectivity index (χ0) is 16.3. The zero-order valence-corrected chi connectivity index (χ0v) is 13.8. The van der Waals surface area contributed by atoms with Crippen LogP contribution in [0.4, 0.5) is 4.79 Å². The highest BCUT2D eigenvalue weighted by Crippen LogP contribution is 2.17. The minimum Gasteiger partial charge on any atom is -0.324 e. The van der Waals surface area contributed by atoms with Gasteiger partial charge in [-0.1, -0.05) is 24.3 Å². The van der Waals surface area contributed by atoms with Crippen LogP contribution < -0.4 is 5.32 Å². The van der Waals surface area contributed by atoms with Gasteiger partial charge in [-0.2, -0.15) is 0 Å². The smallest absolute Gasteiger partial charge is 0.324 e. The molecule has 0 bridgehead atoms. The number of hydrogen-bond acceptors (Lipinski definition) is 3. The maximum Gasteiger partial charge on any atom is 0.325 e. The number of nitrogens with zero attached hydrogens (tertiary/aromatic N) is 2. The molecule has 1 fully saturated rings. The third kappa shape index (κ3) is 3.65. The first-order valence-electron chi connectivity index (χ1n) is 7.68. The lowest BCUT2D eigenvalue weighted by atomic mass is 10.1. The number of benzene rings is 1. The lowest BCUT2D eigenvalue weighted by molar-refractivity contribution is -0.130. The van der Waals surface area contributed by atoms with Gasteiger partial charge in [0, 0.05) is 13.1 Å². The molecule has 0 unspecified atom stereocenters. The Hall–Kier alpha value is -1.88. The number of carbonyl (C=O) groups excluding carboxylic acids is 2. The summed E-state index contributed by atoms with van der Waals surface area (Å²) in [7, 11) is 2.06. The first-order chi connectivity index (χ1) is 10.3. The SMILES string of the molecule is Cc1ccccc1CN(C)CCCN1C(=O)NC(C)(C)C1=O. The fraction of sp³-hybridized carbons (Fsp3) is 0.529. The molecule has 0 atom stereocenters. The summed E-state index contributed by atoms with van der Waals surface area (Å²) >= 11 is 0. The van der Waals surface area contributed by atoms with Crippen molar-refractivity contribution in [2.45, 2.75) is 39.3 Å². The minimum absolute atomic E-state index is 0.140. The van der Waals surface area contributed by atoms with E-state index in [2.05, 4.69) is 36.3 Å². The van der Waals surface area contributed by atoms with Gasteiger partial charge >= 0.3 is 6.03 Å². The number of hydrogen-bond donors (Lipinski definition) is 1. The quantitative estimate of drug-likeness (QED) is 0.819. The van der Waals surface area contributed by atoms with Gasteiger partial charge in [-0.05, 0) is 51.9 Å². The third-order valence-corrected chi connectivity index (χ3v) is 4.07. The molecule has 1 aliphatic heterocycles. The van der Waals surface area contributed by atoms with Gasteiger partial charge in [0.2, 0.25) is 0 Å². The van der Waals surface area contributed by atoms with Crippen molar-refractivity contribution in [2.75, 3.05) is 20.1 Å². The summed E-state index contributed by atoms with van der Waals surface area (Å²) in [5, 5.41) is 2.70. The first kappa shape index (κ1) is 16.5. The average molecular weight is 303 g/mol. The van der Waals surface area contributed by atoms with Crippen LogP contribution in [0, 0.1) is 6.92 Å². The molecule has 1 saturated heterocycles. The molecule has 3 amide bonds. The van der Waals surface area contributed by atoms with Gasteiger partial charge in [0.25, 0.3) is 5.91 Å². The largest absolute Gasteiger partial charge is 0.325 e. The van der Waals surface area contributed by atoms with Crippen molar-refractivity contribution < 1.29 is 9.59 Å². The zero-order valence-electron chi connectivity index (χ0n) is 13.8. The van der Waals surface area contributed by atoms with Crippen molar-refractivity contribution in [3.8, 4) is 0 Å². The van der Waals surface area contributed by atoms with Crippen molar-refractivity contribution in [1.82, 2.24) is 15.1 Å². The second-order valence-electron chi connectivity index (χ2n) is 6.53. The Balaban J connectivity index is 1.80. The number of aryl methyl sites for hydroxylation is 1. The number of rotatable bonds is 6. The van der Waals surface area contributed by atoms with Crippen LogP contribution in [0.2, 0.25) is 0 Å². The lowest BCUT2D eigenvalue weighted by Gasteiger charge is -2.20. The molecule has 5 nitrogen and oxygen atoms in total. The van der Waals surface area contributed by atoms with Gasteiger partial charge < -0.3 is 10.2 Å². The topological polar surface area (TPSA) is 52.6 Å². The van der Waals surface area contributed by atoms with E-state index in [1.54, 1.807) is 13.8 Å². The van der Waals surface area contributed by atoms with Crippen molar-refractivity contribution in [2.24, 2.45) is 0 Å². The molecule has 0 spiro atoms. The van der Waals surface area contributed by atoms with E-state index in [1.807, 2.05) is 12.1 Å². The highest BCUT2D eigenvalue weighted by Gasteiger charge is 2.43. The summed E-state index contributed by atoms with van der Waals surface area (Å²) < 4.78 is 0. The predicted octanol–water partition coefficient (Wildman–Crippen LogP) is 2.15. The van der Waals surface area contributed by atoms with Crippen LogP contribution in [0.25, 0.3) is 0 Å². The summed E-state index contributed by atoms with van der Waals surface area (Å²) in [6.07, 6.45) is 0.775. The van der Waals surface area contributed by atoms with Crippen molar-refractivity contribution in [1.29, 1.82) is 0 Å². The number of nitrogens with one attached hydrogen (secondary N) is 1. The second-order valence-corrected chi connectivity index (χ2v) is 6.53. The van der Waals surface area contributed by atoms with E-state index in [-0.39, 0.29) is 11.9 Å². The Morgan fingerprint density at radius 2 is 1.91 bits per heavy atom. The van der Waals surface area contributed by atoms with Gasteiger partial charge in [0.1, 0.15) is 5.54 Å². The predicted molar refractivity (Wildman–Crippen MR) is 86.5 cm³/mol. The molecule has 0 saturated carbocycles. The van der Waals surface area contributed by atoms with Gasteiger partial charge in [0.15, 0.2) is 0 Å². The maximum absolute atomic E-state index is 12.1. The van der Waals surface area contributed by atoms with Crippen LogP contribution >= 0.6 is 0 Å². The second kappa shape index (κ2) is 6.48. The van der Waals surface area contributed by atoms with E-state index in [0.29, 0.717) is 6.54 Å². The summed E-state index contributed by atoms with van der Waals surface area (Å²) in [6, 6.07) is 8.05. The molecule has 120 valence electrons. The van der Waals surface area contributed by atoms with E-state index in [1.165, 1.54) is 16.0 Å². The number of imide groups is 1. The summed E-state index contributed by atoms with van der Waals surface area (Å²) in [5.41, 5.74) is 1.82. The molecule has 1 aliphatic rings. The molecule has 1 N–H and O–H groups in total. The van der Waals surface area contributed by atoms with Crippen molar-refractivity contribution in [3.63, 3.8) is 0 Å². The fourth-order valence-electron chi connectivity index (χ4n) is 2.68. The molecular weight excluding hydrogens is 278 g/mol. The van der Waals surface area contributed by atoms with Gasteiger partial charge in [-0.3, -0.25) is 9.69 Å². The maximum atomic E-state index is 12.1.